The second-order valence-electron chi connectivity index (χ2n) is 3.25. The molecule has 0 aromatic carbocycles. The molecule has 0 aliphatic heterocycles. The summed E-state index contributed by atoms with van der Waals surface area (Å²) in [5.74, 6) is 1.11. The Bertz CT molecular complexity index is 137. The Morgan fingerprint density at radius 2 is 1.83 bits per heavy atom. The number of halogens is 1. The summed E-state index contributed by atoms with van der Waals surface area (Å²) in [5.41, 5.74) is 10.4. The molecule has 0 bridgehead atoms. The third-order valence-corrected chi connectivity index (χ3v) is 2.31. The van der Waals surface area contributed by atoms with Crippen LogP contribution in [0.2, 0.25) is 0 Å². The van der Waals surface area contributed by atoms with Gasteiger partial charge in [-0.2, -0.15) is 0 Å². The molecule has 0 spiro atoms. The fraction of sp³-hybridized carbons (Fsp3) is 0.875. The summed E-state index contributed by atoms with van der Waals surface area (Å²) in [6, 6.07) is 0. The fourth-order valence-electron chi connectivity index (χ4n) is 1.68. The first-order chi connectivity index (χ1) is 5.29. The Morgan fingerprint density at radius 3 is 2.33 bits per heavy atom. The van der Waals surface area contributed by atoms with Gasteiger partial charge in [-0.05, 0) is 12.3 Å². The summed E-state index contributed by atoms with van der Waals surface area (Å²) in [5, 5.41) is 0. The van der Waals surface area contributed by atoms with Crippen molar-refractivity contribution in [3.8, 4) is 0 Å². The minimum atomic E-state index is 0. The molecule has 12 heavy (non-hydrogen) atoms. The average molecular weight is 192 g/mol. The third kappa shape index (κ3) is 4.44. The molecule has 0 amide bonds. The number of nitrogens with two attached hydrogens (primary N) is 2. The molecule has 3 nitrogen and oxygen atoms in total. The lowest BCUT2D eigenvalue weighted by Crippen LogP contribution is -2.23. The zero-order valence-corrected chi connectivity index (χ0v) is 8.15. The van der Waals surface area contributed by atoms with Crippen LogP contribution in [0.5, 0.6) is 0 Å². The Balaban J connectivity index is 0.00000121. The molecule has 0 aromatic heterocycles. The summed E-state index contributed by atoms with van der Waals surface area (Å²) in [6.45, 7) is 0.812. The van der Waals surface area contributed by atoms with Crippen LogP contribution in [0.1, 0.15) is 32.1 Å². The number of rotatable bonds is 3. The molecule has 4 heteroatoms. The van der Waals surface area contributed by atoms with Crippen LogP contribution in [-0.4, -0.2) is 12.5 Å². The first-order valence-corrected chi connectivity index (χ1v) is 4.34. The molecule has 1 rings (SSSR count). The van der Waals surface area contributed by atoms with Gasteiger partial charge in [-0.25, -0.2) is 0 Å². The van der Waals surface area contributed by atoms with Crippen LogP contribution in [0.3, 0.4) is 0 Å². The minimum Gasteiger partial charge on any atom is -0.370 e. The van der Waals surface area contributed by atoms with E-state index in [0.717, 1.165) is 18.9 Å². The monoisotopic (exact) mass is 191 g/mol. The first kappa shape index (κ1) is 11.6. The second kappa shape index (κ2) is 6.12. The number of aliphatic imine (C=N–C) groups is 1. The molecule has 1 saturated carbocycles. The Hall–Kier alpha value is -0.440. The van der Waals surface area contributed by atoms with E-state index >= 15 is 0 Å². The van der Waals surface area contributed by atoms with Crippen molar-refractivity contribution >= 4 is 18.4 Å². The van der Waals surface area contributed by atoms with Crippen LogP contribution in [-0.2, 0) is 0 Å². The van der Waals surface area contributed by atoms with Crippen LogP contribution < -0.4 is 11.5 Å². The quantitative estimate of drug-likeness (QED) is 0.521. The van der Waals surface area contributed by atoms with Crippen LogP contribution in [0.25, 0.3) is 0 Å². The maximum atomic E-state index is 5.20. The molecule has 0 unspecified atom stereocenters. The summed E-state index contributed by atoms with van der Waals surface area (Å²) in [4.78, 5) is 3.96. The van der Waals surface area contributed by atoms with E-state index in [0.29, 0.717) is 0 Å². The van der Waals surface area contributed by atoms with Crippen molar-refractivity contribution in [2.45, 2.75) is 32.1 Å². The van der Waals surface area contributed by atoms with E-state index in [9.17, 15) is 0 Å². The third-order valence-electron chi connectivity index (χ3n) is 2.31. The maximum Gasteiger partial charge on any atom is 0.185 e. The average Bonchev–Trinajstić information content (AvgIpc) is 2.39. The zero-order valence-electron chi connectivity index (χ0n) is 7.33. The second-order valence-corrected chi connectivity index (χ2v) is 3.25. The van der Waals surface area contributed by atoms with E-state index in [4.69, 9.17) is 11.5 Å². The number of guanidine groups is 1. The van der Waals surface area contributed by atoms with E-state index in [1.54, 1.807) is 0 Å². The normalized spacial score (nSPS) is 17.0. The predicted octanol–water partition coefficient (Wildman–Crippen LogP) is 1.26. The zero-order chi connectivity index (χ0) is 8.10. The summed E-state index contributed by atoms with van der Waals surface area (Å²) in [6.07, 6.45) is 6.71. The van der Waals surface area contributed by atoms with Gasteiger partial charge in [0, 0.05) is 6.54 Å². The van der Waals surface area contributed by atoms with Crippen LogP contribution in [0.15, 0.2) is 4.99 Å². The SMILES string of the molecule is Cl.NC(N)=NCCC1CCCC1. The minimum absolute atomic E-state index is 0. The van der Waals surface area contributed by atoms with E-state index < -0.39 is 0 Å². The molecule has 0 aromatic rings. The summed E-state index contributed by atoms with van der Waals surface area (Å²) in [7, 11) is 0. The van der Waals surface area contributed by atoms with Gasteiger partial charge in [0.2, 0.25) is 0 Å². The largest absolute Gasteiger partial charge is 0.370 e. The lowest BCUT2D eigenvalue weighted by molar-refractivity contribution is 0.512. The highest BCUT2D eigenvalue weighted by atomic mass is 35.5. The van der Waals surface area contributed by atoms with Crippen LogP contribution in [0, 0.1) is 5.92 Å². The van der Waals surface area contributed by atoms with Gasteiger partial charge in [-0.1, -0.05) is 25.7 Å². The van der Waals surface area contributed by atoms with Gasteiger partial charge in [0.1, 0.15) is 0 Å². The van der Waals surface area contributed by atoms with Gasteiger partial charge < -0.3 is 11.5 Å². The molecule has 1 fully saturated rings. The summed E-state index contributed by atoms with van der Waals surface area (Å²) >= 11 is 0. The van der Waals surface area contributed by atoms with Crippen molar-refractivity contribution in [1.29, 1.82) is 0 Å². The van der Waals surface area contributed by atoms with E-state index in [1.165, 1.54) is 25.7 Å². The first-order valence-electron chi connectivity index (χ1n) is 4.34. The van der Waals surface area contributed by atoms with E-state index in [-0.39, 0.29) is 18.4 Å². The van der Waals surface area contributed by atoms with Gasteiger partial charge in [0.05, 0.1) is 0 Å². The highest BCUT2D eigenvalue weighted by Crippen LogP contribution is 2.27. The molecule has 0 atom stereocenters. The molecule has 1 aliphatic carbocycles. The van der Waals surface area contributed by atoms with Crippen LogP contribution in [0.4, 0.5) is 0 Å². The maximum absolute atomic E-state index is 5.20. The standard InChI is InChI=1S/C8H17N3.ClH/c9-8(10)11-6-5-7-3-1-2-4-7;/h7H,1-6H2,(H4,9,10,11);1H. The molecular formula is C8H18ClN3. The Kier molecular flexibility index (Phi) is 5.89. The Labute approximate surface area is 80.0 Å². The topological polar surface area (TPSA) is 64.4 Å². The molecular weight excluding hydrogens is 174 g/mol. The molecule has 0 radical (unpaired) electrons. The van der Waals surface area contributed by atoms with Crippen molar-refractivity contribution in [1.82, 2.24) is 0 Å². The van der Waals surface area contributed by atoms with Gasteiger partial charge in [0.15, 0.2) is 5.96 Å². The van der Waals surface area contributed by atoms with Crippen molar-refractivity contribution in [3.63, 3.8) is 0 Å². The lowest BCUT2D eigenvalue weighted by atomic mass is 10.1. The van der Waals surface area contributed by atoms with Crippen molar-refractivity contribution in [2.24, 2.45) is 22.4 Å². The van der Waals surface area contributed by atoms with Crippen LogP contribution >= 0.6 is 12.4 Å². The lowest BCUT2D eigenvalue weighted by Gasteiger charge is -2.04. The highest BCUT2D eigenvalue weighted by Gasteiger charge is 2.13. The van der Waals surface area contributed by atoms with Gasteiger partial charge in [-0.15, -0.1) is 12.4 Å². The predicted molar refractivity (Wildman–Crippen MR) is 54.5 cm³/mol. The van der Waals surface area contributed by atoms with Gasteiger partial charge >= 0.3 is 0 Å². The Morgan fingerprint density at radius 1 is 1.25 bits per heavy atom. The number of hydrogen-bond acceptors (Lipinski definition) is 1. The number of hydrogen-bond donors (Lipinski definition) is 2. The van der Waals surface area contributed by atoms with E-state index in [2.05, 4.69) is 4.99 Å². The summed E-state index contributed by atoms with van der Waals surface area (Å²) < 4.78 is 0. The van der Waals surface area contributed by atoms with Gasteiger partial charge in [0.25, 0.3) is 0 Å². The van der Waals surface area contributed by atoms with Crippen molar-refractivity contribution in [2.75, 3.05) is 6.54 Å². The fourth-order valence-corrected chi connectivity index (χ4v) is 1.68. The molecule has 0 saturated heterocycles. The molecule has 72 valence electrons. The molecule has 1 aliphatic rings. The van der Waals surface area contributed by atoms with E-state index in [1.807, 2.05) is 0 Å². The van der Waals surface area contributed by atoms with Crippen molar-refractivity contribution < 1.29 is 0 Å². The highest BCUT2D eigenvalue weighted by molar-refractivity contribution is 5.85. The van der Waals surface area contributed by atoms with Crippen molar-refractivity contribution in [3.05, 3.63) is 0 Å². The molecule has 4 N–H and O–H groups in total. The number of nitrogens with zero attached hydrogens (tertiary/aromatic N) is 1. The molecule has 0 heterocycles. The smallest absolute Gasteiger partial charge is 0.185 e. The van der Waals surface area contributed by atoms with Gasteiger partial charge in [-0.3, -0.25) is 4.99 Å².